The Morgan fingerprint density at radius 1 is 1.40 bits per heavy atom. The number of carbonyl (C=O) groups excluding carboxylic acids is 1. The lowest BCUT2D eigenvalue weighted by Gasteiger charge is -2.14. The molecule has 0 fully saturated rings. The van der Waals surface area contributed by atoms with Gasteiger partial charge in [0.25, 0.3) is 0 Å². The van der Waals surface area contributed by atoms with Gasteiger partial charge in [-0.05, 0) is 38.0 Å². The topological polar surface area (TPSA) is 75.3 Å². The molecule has 1 unspecified atom stereocenters. The van der Waals surface area contributed by atoms with Crippen molar-refractivity contribution in [1.82, 2.24) is 10.0 Å². The molecule has 0 radical (unpaired) electrons. The van der Waals surface area contributed by atoms with Crippen molar-refractivity contribution in [1.29, 1.82) is 0 Å². The summed E-state index contributed by atoms with van der Waals surface area (Å²) in [5.41, 5.74) is 0.359. The number of nitrogens with one attached hydrogen (secondary N) is 2. The number of sulfonamides is 1. The van der Waals surface area contributed by atoms with Gasteiger partial charge in [0.05, 0.1) is 10.9 Å². The molecule has 112 valence electrons. The molecule has 0 bridgehead atoms. The SMILES string of the molecule is CCCNC(=O)C(C)NS(=O)(=O)c1ccc(C)c(F)c1. The molecule has 0 aliphatic heterocycles. The predicted molar refractivity (Wildman–Crippen MR) is 74.2 cm³/mol. The van der Waals surface area contributed by atoms with Gasteiger partial charge in [0.15, 0.2) is 0 Å². The zero-order valence-electron chi connectivity index (χ0n) is 11.7. The highest BCUT2D eigenvalue weighted by molar-refractivity contribution is 7.89. The Hall–Kier alpha value is -1.47. The minimum Gasteiger partial charge on any atom is -0.355 e. The number of hydrogen-bond donors (Lipinski definition) is 2. The van der Waals surface area contributed by atoms with Crippen LogP contribution in [0.2, 0.25) is 0 Å². The molecule has 1 amide bonds. The number of carbonyl (C=O) groups is 1. The van der Waals surface area contributed by atoms with Crippen molar-refractivity contribution < 1.29 is 17.6 Å². The Labute approximate surface area is 118 Å². The van der Waals surface area contributed by atoms with Crippen LogP contribution in [0.1, 0.15) is 25.8 Å². The molecule has 0 heterocycles. The third-order valence-corrected chi connectivity index (χ3v) is 4.27. The zero-order valence-corrected chi connectivity index (χ0v) is 12.6. The molecule has 2 N–H and O–H groups in total. The van der Waals surface area contributed by atoms with Gasteiger partial charge in [-0.25, -0.2) is 12.8 Å². The minimum atomic E-state index is -3.92. The van der Waals surface area contributed by atoms with Crippen LogP contribution >= 0.6 is 0 Å². The van der Waals surface area contributed by atoms with Crippen LogP contribution in [0.5, 0.6) is 0 Å². The summed E-state index contributed by atoms with van der Waals surface area (Å²) in [6.45, 7) is 5.35. The molecule has 1 aromatic rings. The number of hydrogen-bond acceptors (Lipinski definition) is 3. The maximum absolute atomic E-state index is 13.4. The van der Waals surface area contributed by atoms with Gasteiger partial charge >= 0.3 is 0 Å². The summed E-state index contributed by atoms with van der Waals surface area (Å²) in [5.74, 6) is -1.01. The van der Waals surface area contributed by atoms with E-state index in [-0.39, 0.29) is 4.90 Å². The van der Waals surface area contributed by atoms with Crippen LogP contribution in [0.25, 0.3) is 0 Å². The normalized spacial score (nSPS) is 13.0. The van der Waals surface area contributed by atoms with Gasteiger partial charge in [-0.3, -0.25) is 4.79 Å². The first-order chi connectivity index (χ1) is 9.27. The lowest BCUT2D eigenvalue weighted by atomic mass is 10.2. The van der Waals surface area contributed by atoms with E-state index in [1.54, 1.807) is 6.92 Å². The molecule has 20 heavy (non-hydrogen) atoms. The number of aryl methyl sites for hydroxylation is 1. The van der Waals surface area contributed by atoms with Gasteiger partial charge in [0, 0.05) is 6.54 Å². The Morgan fingerprint density at radius 3 is 2.60 bits per heavy atom. The largest absolute Gasteiger partial charge is 0.355 e. The number of benzene rings is 1. The van der Waals surface area contributed by atoms with Crippen LogP contribution in [-0.4, -0.2) is 26.9 Å². The monoisotopic (exact) mass is 302 g/mol. The van der Waals surface area contributed by atoms with Crippen molar-refractivity contribution in [2.24, 2.45) is 0 Å². The maximum Gasteiger partial charge on any atom is 0.241 e. The Bertz CT molecular complexity index is 587. The van der Waals surface area contributed by atoms with Gasteiger partial charge in [-0.15, -0.1) is 0 Å². The zero-order chi connectivity index (χ0) is 15.3. The molecule has 1 aromatic carbocycles. The summed E-state index contributed by atoms with van der Waals surface area (Å²) in [4.78, 5) is 11.4. The molecule has 1 atom stereocenters. The first-order valence-corrected chi connectivity index (χ1v) is 7.82. The van der Waals surface area contributed by atoms with Crippen molar-refractivity contribution in [2.45, 2.75) is 38.1 Å². The van der Waals surface area contributed by atoms with Gasteiger partial charge in [0.1, 0.15) is 5.82 Å². The first kappa shape index (κ1) is 16.6. The van der Waals surface area contributed by atoms with Crippen molar-refractivity contribution in [3.8, 4) is 0 Å². The van der Waals surface area contributed by atoms with E-state index in [0.29, 0.717) is 12.1 Å². The van der Waals surface area contributed by atoms with E-state index in [1.807, 2.05) is 6.92 Å². The third-order valence-electron chi connectivity index (χ3n) is 2.73. The molecule has 1 rings (SSSR count). The van der Waals surface area contributed by atoms with Crippen LogP contribution in [0.15, 0.2) is 23.1 Å². The average molecular weight is 302 g/mol. The fourth-order valence-electron chi connectivity index (χ4n) is 1.50. The van der Waals surface area contributed by atoms with Crippen molar-refractivity contribution >= 4 is 15.9 Å². The van der Waals surface area contributed by atoms with E-state index < -0.39 is 27.8 Å². The fourth-order valence-corrected chi connectivity index (χ4v) is 2.71. The van der Waals surface area contributed by atoms with Crippen molar-refractivity contribution in [2.75, 3.05) is 6.54 Å². The number of halogens is 1. The second kappa shape index (κ2) is 6.81. The van der Waals surface area contributed by atoms with Crippen LogP contribution in [0.4, 0.5) is 4.39 Å². The van der Waals surface area contributed by atoms with E-state index in [9.17, 15) is 17.6 Å². The molecule has 5 nitrogen and oxygen atoms in total. The van der Waals surface area contributed by atoms with E-state index in [4.69, 9.17) is 0 Å². The van der Waals surface area contributed by atoms with Crippen LogP contribution in [0, 0.1) is 12.7 Å². The minimum absolute atomic E-state index is 0.198. The summed E-state index contributed by atoms with van der Waals surface area (Å²) < 4.78 is 39.7. The van der Waals surface area contributed by atoms with E-state index in [2.05, 4.69) is 10.0 Å². The molecule has 0 aliphatic carbocycles. The summed E-state index contributed by atoms with van der Waals surface area (Å²) in [6.07, 6.45) is 0.758. The Balaban J connectivity index is 2.84. The molecule has 0 spiro atoms. The molecule has 0 aromatic heterocycles. The van der Waals surface area contributed by atoms with Crippen LogP contribution < -0.4 is 10.0 Å². The molecule has 0 saturated heterocycles. The van der Waals surface area contributed by atoms with Crippen molar-refractivity contribution in [3.63, 3.8) is 0 Å². The molecule has 7 heteroatoms. The van der Waals surface area contributed by atoms with Crippen molar-refractivity contribution in [3.05, 3.63) is 29.6 Å². The predicted octanol–water partition coefficient (Wildman–Crippen LogP) is 1.33. The Kier molecular flexibility index (Phi) is 5.64. The quantitative estimate of drug-likeness (QED) is 0.832. The number of rotatable bonds is 6. The highest BCUT2D eigenvalue weighted by Crippen LogP contribution is 2.14. The van der Waals surface area contributed by atoms with Crippen LogP contribution in [-0.2, 0) is 14.8 Å². The third kappa shape index (κ3) is 4.28. The molecular weight excluding hydrogens is 283 g/mol. The summed E-state index contributed by atoms with van der Waals surface area (Å²) >= 11 is 0. The fraction of sp³-hybridized carbons (Fsp3) is 0.462. The van der Waals surface area contributed by atoms with Crippen LogP contribution in [0.3, 0.4) is 0 Å². The van der Waals surface area contributed by atoms with E-state index in [0.717, 1.165) is 12.5 Å². The maximum atomic E-state index is 13.4. The highest BCUT2D eigenvalue weighted by atomic mass is 32.2. The number of amides is 1. The van der Waals surface area contributed by atoms with E-state index >= 15 is 0 Å². The molecular formula is C13H19FN2O3S. The Morgan fingerprint density at radius 2 is 2.05 bits per heavy atom. The summed E-state index contributed by atoms with van der Waals surface area (Å²) in [7, 11) is -3.92. The standard InChI is InChI=1S/C13H19FN2O3S/c1-4-7-15-13(17)10(3)16-20(18,19)11-6-5-9(2)12(14)8-11/h5-6,8,10,16H,4,7H2,1-3H3,(H,15,17). The highest BCUT2D eigenvalue weighted by Gasteiger charge is 2.22. The lowest BCUT2D eigenvalue weighted by molar-refractivity contribution is -0.122. The first-order valence-electron chi connectivity index (χ1n) is 6.34. The lowest BCUT2D eigenvalue weighted by Crippen LogP contribution is -2.44. The average Bonchev–Trinajstić information content (AvgIpc) is 2.38. The summed E-state index contributed by atoms with van der Waals surface area (Å²) in [6, 6.07) is 2.70. The van der Waals surface area contributed by atoms with Gasteiger partial charge in [0.2, 0.25) is 15.9 Å². The second-order valence-corrected chi connectivity index (χ2v) is 6.26. The van der Waals surface area contributed by atoms with Gasteiger partial charge in [-0.2, -0.15) is 4.72 Å². The van der Waals surface area contributed by atoms with Gasteiger partial charge < -0.3 is 5.32 Å². The smallest absolute Gasteiger partial charge is 0.241 e. The molecule has 0 aliphatic rings. The van der Waals surface area contributed by atoms with Gasteiger partial charge in [-0.1, -0.05) is 13.0 Å². The molecule has 0 saturated carbocycles. The second-order valence-electron chi connectivity index (χ2n) is 4.54. The summed E-state index contributed by atoms with van der Waals surface area (Å²) in [5, 5.41) is 2.59. The van der Waals surface area contributed by atoms with E-state index in [1.165, 1.54) is 19.1 Å².